The van der Waals surface area contributed by atoms with Gasteiger partial charge in [0, 0.05) is 0 Å². The highest BCUT2D eigenvalue weighted by molar-refractivity contribution is 5.45. The van der Waals surface area contributed by atoms with Gasteiger partial charge in [-0.05, 0) is 37.8 Å². The van der Waals surface area contributed by atoms with Crippen molar-refractivity contribution in [3.05, 3.63) is 70.8 Å². The third-order valence-electron chi connectivity index (χ3n) is 5.45. The van der Waals surface area contributed by atoms with Crippen LogP contribution in [0.1, 0.15) is 47.9 Å². The van der Waals surface area contributed by atoms with Gasteiger partial charge in [-0.3, -0.25) is 10.1 Å². The van der Waals surface area contributed by atoms with Crippen LogP contribution in [0.15, 0.2) is 48.5 Å². The van der Waals surface area contributed by atoms with Crippen molar-refractivity contribution in [2.75, 3.05) is 6.67 Å². The molecule has 1 aliphatic rings. The first-order valence-electron chi connectivity index (χ1n) is 9.80. The fourth-order valence-corrected chi connectivity index (χ4v) is 4.34. The number of amides is 1. The van der Waals surface area contributed by atoms with Gasteiger partial charge < -0.3 is 10.1 Å². The minimum atomic E-state index is -0.283. The monoisotopic (exact) mass is 366 g/mol. The second kappa shape index (κ2) is 9.16. The van der Waals surface area contributed by atoms with Crippen molar-refractivity contribution in [3.63, 3.8) is 0 Å². The van der Waals surface area contributed by atoms with Crippen LogP contribution in [0.25, 0.3) is 0 Å². The Balaban J connectivity index is 1.83. The molecule has 2 unspecified atom stereocenters. The van der Waals surface area contributed by atoms with Crippen LogP contribution in [0.4, 0.5) is 0 Å². The SMILES string of the molecule is Cc1cc(C)cc(COC2CCCCC2(NCNC=O)c2ccccc2)c1. The predicted molar refractivity (Wildman–Crippen MR) is 108 cm³/mol. The lowest BCUT2D eigenvalue weighted by molar-refractivity contribution is -0.110. The molecule has 0 saturated heterocycles. The lowest BCUT2D eigenvalue weighted by Crippen LogP contribution is -2.56. The number of hydrogen-bond acceptors (Lipinski definition) is 3. The molecule has 2 aromatic carbocycles. The van der Waals surface area contributed by atoms with E-state index < -0.39 is 0 Å². The first-order chi connectivity index (χ1) is 13.1. The van der Waals surface area contributed by atoms with E-state index in [-0.39, 0.29) is 11.6 Å². The number of benzene rings is 2. The number of hydrogen-bond donors (Lipinski definition) is 2. The van der Waals surface area contributed by atoms with E-state index in [1.165, 1.54) is 22.3 Å². The van der Waals surface area contributed by atoms with Crippen LogP contribution in [0, 0.1) is 13.8 Å². The molecule has 1 fully saturated rings. The van der Waals surface area contributed by atoms with Crippen LogP contribution >= 0.6 is 0 Å². The second-order valence-corrected chi connectivity index (χ2v) is 7.55. The normalized spacial score (nSPS) is 22.4. The van der Waals surface area contributed by atoms with Crippen molar-refractivity contribution in [2.45, 2.75) is 57.8 Å². The van der Waals surface area contributed by atoms with Gasteiger partial charge >= 0.3 is 0 Å². The van der Waals surface area contributed by atoms with Crippen LogP contribution in [-0.4, -0.2) is 19.2 Å². The molecule has 1 saturated carbocycles. The molecular formula is C23H30N2O2. The summed E-state index contributed by atoms with van der Waals surface area (Å²) in [6.45, 7) is 5.28. The van der Waals surface area contributed by atoms with Crippen molar-refractivity contribution in [1.82, 2.24) is 10.6 Å². The quantitative estimate of drug-likeness (QED) is 0.422. The molecule has 0 aliphatic heterocycles. The van der Waals surface area contributed by atoms with E-state index in [0.717, 1.165) is 32.1 Å². The summed E-state index contributed by atoms with van der Waals surface area (Å²) in [5.74, 6) is 0. The van der Waals surface area contributed by atoms with Gasteiger partial charge in [0.2, 0.25) is 6.41 Å². The van der Waals surface area contributed by atoms with Gasteiger partial charge in [0.25, 0.3) is 0 Å². The number of carbonyl (C=O) groups excluding carboxylic acids is 1. The third-order valence-corrected chi connectivity index (χ3v) is 5.45. The molecule has 0 radical (unpaired) electrons. The van der Waals surface area contributed by atoms with Crippen LogP contribution in [0.2, 0.25) is 0 Å². The molecule has 27 heavy (non-hydrogen) atoms. The first kappa shape index (κ1) is 19.6. The Morgan fingerprint density at radius 2 is 1.85 bits per heavy atom. The van der Waals surface area contributed by atoms with E-state index in [1.807, 2.05) is 6.07 Å². The van der Waals surface area contributed by atoms with Crippen LogP contribution < -0.4 is 10.6 Å². The molecule has 2 N–H and O–H groups in total. The van der Waals surface area contributed by atoms with Gasteiger partial charge in [0.05, 0.1) is 24.9 Å². The zero-order valence-electron chi connectivity index (χ0n) is 16.3. The molecule has 4 heteroatoms. The molecule has 0 heterocycles. The Labute approximate surface area is 162 Å². The minimum Gasteiger partial charge on any atom is -0.371 e. The highest BCUT2D eigenvalue weighted by Crippen LogP contribution is 2.39. The molecule has 1 amide bonds. The molecule has 144 valence electrons. The fraction of sp³-hybridized carbons (Fsp3) is 0.435. The maximum Gasteiger partial charge on any atom is 0.208 e. The highest BCUT2D eigenvalue weighted by Gasteiger charge is 2.42. The van der Waals surface area contributed by atoms with Crippen molar-refractivity contribution in [2.24, 2.45) is 0 Å². The standard InChI is InChI=1S/C23H30N2O2/c1-18-12-19(2)14-20(13-18)15-27-22-10-6-7-11-23(22,25-16-24-17-26)21-8-4-3-5-9-21/h3-5,8-9,12-14,17,22,25H,6-7,10-11,15-16H2,1-2H3,(H,24,26). The van der Waals surface area contributed by atoms with E-state index in [4.69, 9.17) is 4.74 Å². The van der Waals surface area contributed by atoms with Gasteiger partial charge in [0.1, 0.15) is 0 Å². The molecule has 0 aromatic heterocycles. The number of nitrogens with one attached hydrogen (secondary N) is 2. The molecule has 0 spiro atoms. The van der Waals surface area contributed by atoms with Gasteiger partial charge in [0.15, 0.2) is 0 Å². The summed E-state index contributed by atoms with van der Waals surface area (Å²) < 4.78 is 6.50. The first-order valence-corrected chi connectivity index (χ1v) is 9.80. The van der Waals surface area contributed by atoms with Crippen LogP contribution in [0.5, 0.6) is 0 Å². The molecule has 3 rings (SSSR count). The molecule has 4 nitrogen and oxygen atoms in total. The van der Waals surface area contributed by atoms with E-state index in [9.17, 15) is 4.79 Å². The Kier molecular flexibility index (Phi) is 6.64. The number of rotatable bonds is 8. The van der Waals surface area contributed by atoms with E-state index >= 15 is 0 Å². The van der Waals surface area contributed by atoms with E-state index in [1.54, 1.807) is 0 Å². The number of aryl methyl sites for hydroxylation is 2. The summed E-state index contributed by atoms with van der Waals surface area (Å²) in [6, 6.07) is 17.1. The fourth-order valence-electron chi connectivity index (χ4n) is 4.34. The smallest absolute Gasteiger partial charge is 0.208 e. The van der Waals surface area contributed by atoms with Gasteiger partial charge in [-0.2, -0.15) is 0 Å². The molecule has 0 bridgehead atoms. The average Bonchev–Trinajstić information content (AvgIpc) is 2.67. The number of carbonyl (C=O) groups is 1. The van der Waals surface area contributed by atoms with Crippen molar-refractivity contribution >= 4 is 6.41 Å². The van der Waals surface area contributed by atoms with E-state index in [2.05, 4.69) is 66.9 Å². The summed E-state index contributed by atoms with van der Waals surface area (Å²) in [7, 11) is 0. The zero-order chi connectivity index (χ0) is 19.1. The van der Waals surface area contributed by atoms with E-state index in [0.29, 0.717) is 13.3 Å². The topological polar surface area (TPSA) is 50.4 Å². The minimum absolute atomic E-state index is 0.0583. The lowest BCUT2D eigenvalue weighted by atomic mass is 9.74. The summed E-state index contributed by atoms with van der Waals surface area (Å²) in [5.41, 5.74) is 4.68. The molecular weight excluding hydrogens is 336 g/mol. The Bertz CT molecular complexity index is 727. The lowest BCUT2D eigenvalue weighted by Gasteiger charge is -2.45. The summed E-state index contributed by atoms with van der Waals surface area (Å²) in [6.07, 6.45) is 5.10. The highest BCUT2D eigenvalue weighted by atomic mass is 16.5. The van der Waals surface area contributed by atoms with Gasteiger partial charge in [-0.1, -0.05) is 72.5 Å². The maximum atomic E-state index is 10.8. The van der Waals surface area contributed by atoms with Crippen LogP contribution in [0.3, 0.4) is 0 Å². The van der Waals surface area contributed by atoms with Gasteiger partial charge in [-0.15, -0.1) is 0 Å². The molecule has 1 aliphatic carbocycles. The third kappa shape index (κ3) is 4.76. The summed E-state index contributed by atoms with van der Waals surface area (Å²) in [5, 5.41) is 6.35. The van der Waals surface area contributed by atoms with Crippen LogP contribution in [-0.2, 0) is 21.7 Å². The average molecular weight is 367 g/mol. The largest absolute Gasteiger partial charge is 0.371 e. The van der Waals surface area contributed by atoms with Crippen molar-refractivity contribution in [3.8, 4) is 0 Å². The summed E-state index contributed by atoms with van der Waals surface area (Å²) >= 11 is 0. The number of ether oxygens (including phenoxy) is 1. The van der Waals surface area contributed by atoms with Crippen molar-refractivity contribution < 1.29 is 9.53 Å². The molecule has 2 aromatic rings. The summed E-state index contributed by atoms with van der Waals surface area (Å²) in [4.78, 5) is 10.8. The second-order valence-electron chi connectivity index (χ2n) is 7.55. The Hall–Kier alpha value is -2.17. The molecule has 2 atom stereocenters. The van der Waals surface area contributed by atoms with Crippen molar-refractivity contribution in [1.29, 1.82) is 0 Å². The Morgan fingerprint density at radius 3 is 2.56 bits per heavy atom. The predicted octanol–water partition coefficient (Wildman–Crippen LogP) is 3.95. The maximum absolute atomic E-state index is 10.8. The van der Waals surface area contributed by atoms with Gasteiger partial charge in [-0.25, -0.2) is 0 Å². The zero-order valence-corrected chi connectivity index (χ0v) is 16.3. The Morgan fingerprint density at radius 1 is 1.11 bits per heavy atom.